The highest BCUT2D eigenvalue weighted by atomic mass is 32.2. The van der Waals surface area contributed by atoms with Crippen molar-refractivity contribution in [1.29, 1.82) is 0 Å². The fraction of sp³-hybridized carbons (Fsp3) is 0.652. The molecule has 0 aromatic heterocycles. The molecule has 1 aromatic carbocycles. The SMILES string of the molecule is CCNC(=NCC(C)Sc1ccccc1)NC1CCC(C(=O)N2CCSCC2)CC1. The van der Waals surface area contributed by atoms with Crippen LogP contribution < -0.4 is 10.6 Å². The summed E-state index contributed by atoms with van der Waals surface area (Å²) >= 11 is 3.82. The van der Waals surface area contributed by atoms with Crippen LogP contribution in [0.5, 0.6) is 0 Å². The number of carbonyl (C=O) groups is 1. The lowest BCUT2D eigenvalue weighted by Crippen LogP contribution is -2.47. The smallest absolute Gasteiger partial charge is 0.225 e. The van der Waals surface area contributed by atoms with Gasteiger partial charge in [-0.25, -0.2) is 0 Å². The van der Waals surface area contributed by atoms with Crippen LogP contribution in [0.2, 0.25) is 0 Å². The van der Waals surface area contributed by atoms with Gasteiger partial charge in [0.05, 0.1) is 6.54 Å². The third-order valence-electron chi connectivity index (χ3n) is 5.67. The van der Waals surface area contributed by atoms with E-state index in [1.807, 2.05) is 29.6 Å². The van der Waals surface area contributed by atoms with Crippen molar-refractivity contribution in [3.63, 3.8) is 0 Å². The number of amides is 1. The molecule has 0 bridgehead atoms. The van der Waals surface area contributed by atoms with Crippen LogP contribution in [0.1, 0.15) is 39.5 Å². The van der Waals surface area contributed by atoms with Crippen LogP contribution in [0.25, 0.3) is 0 Å². The minimum absolute atomic E-state index is 0.216. The Bertz CT molecular complexity index is 671. The van der Waals surface area contributed by atoms with Crippen LogP contribution in [0.4, 0.5) is 0 Å². The van der Waals surface area contributed by atoms with Gasteiger partial charge >= 0.3 is 0 Å². The monoisotopic (exact) mass is 448 g/mol. The van der Waals surface area contributed by atoms with Gasteiger partial charge in [-0.05, 0) is 44.7 Å². The molecular formula is C23H36N4OS2. The van der Waals surface area contributed by atoms with E-state index in [0.29, 0.717) is 17.2 Å². The molecule has 1 heterocycles. The molecule has 1 aromatic rings. The van der Waals surface area contributed by atoms with Gasteiger partial charge in [-0.15, -0.1) is 11.8 Å². The predicted octanol–water partition coefficient (Wildman–Crippen LogP) is 3.86. The van der Waals surface area contributed by atoms with Crippen molar-refractivity contribution in [3.05, 3.63) is 30.3 Å². The highest BCUT2D eigenvalue weighted by Gasteiger charge is 2.30. The maximum absolute atomic E-state index is 12.8. The number of hydrogen-bond donors (Lipinski definition) is 2. The van der Waals surface area contributed by atoms with E-state index in [4.69, 9.17) is 4.99 Å². The normalized spacial score (nSPS) is 23.7. The second-order valence-corrected chi connectivity index (χ2v) is 10.8. The molecule has 1 atom stereocenters. The van der Waals surface area contributed by atoms with E-state index < -0.39 is 0 Å². The van der Waals surface area contributed by atoms with Crippen LogP contribution in [-0.2, 0) is 4.79 Å². The van der Waals surface area contributed by atoms with Crippen molar-refractivity contribution in [2.24, 2.45) is 10.9 Å². The zero-order chi connectivity index (χ0) is 21.2. The third-order valence-corrected chi connectivity index (χ3v) is 7.71. The fourth-order valence-corrected chi connectivity index (χ4v) is 5.86. The molecule has 7 heteroatoms. The first-order valence-electron chi connectivity index (χ1n) is 11.3. The number of rotatable bonds is 7. The van der Waals surface area contributed by atoms with Crippen LogP contribution >= 0.6 is 23.5 Å². The lowest BCUT2D eigenvalue weighted by atomic mass is 9.85. The number of aliphatic imine (C=N–C) groups is 1. The van der Waals surface area contributed by atoms with Gasteiger partial charge in [0.15, 0.2) is 5.96 Å². The summed E-state index contributed by atoms with van der Waals surface area (Å²) in [6, 6.07) is 10.9. The molecule has 2 N–H and O–H groups in total. The molecule has 2 aliphatic rings. The highest BCUT2D eigenvalue weighted by Crippen LogP contribution is 2.27. The van der Waals surface area contributed by atoms with Gasteiger partial charge in [-0.3, -0.25) is 9.79 Å². The van der Waals surface area contributed by atoms with Gasteiger partial charge < -0.3 is 15.5 Å². The van der Waals surface area contributed by atoms with Gasteiger partial charge in [-0.1, -0.05) is 25.1 Å². The van der Waals surface area contributed by atoms with E-state index in [-0.39, 0.29) is 5.92 Å². The first-order valence-corrected chi connectivity index (χ1v) is 13.3. The zero-order valence-electron chi connectivity index (χ0n) is 18.3. The molecule has 1 saturated heterocycles. The second kappa shape index (κ2) is 12.5. The minimum atomic E-state index is 0.216. The van der Waals surface area contributed by atoms with Gasteiger partial charge in [-0.2, -0.15) is 11.8 Å². The lowest BCUT2D eigenvalue weighted by molar-refractivity contribution is -0.136. The van der Waals surface area contributed by atoms with Gasteiger partial charge in [0.2, 0.25) is 5.91 Å². The minimum Gasteiger partial charge on any atom is -0.357 e. The van der Waals surface area contributed by atoms with Crippen molar-refractivity contribution in [1.82, 2.24) is 15.5 Å². The van der Waals surface area contributed by atoms with Gasteiger partial charge in [0, 0.05) is 53.2 Å². The summed E-state index contributed by atoms with van der Waals surface area (Å²) in [6.07, 6.45) is 4.05. The van der Waals surface area contributed by atoms with Gasteiger partial charge in [0.1, 0.15) is 0 Å². The summed E-state index contributed by atoms with van der Waals surface area (Å²) in [6.45, 7) is 7.81. The molecule has 1 aliphatic carbocycles. The number of nitrogens with zero attached hydrogens (tertiary/aromatic N) is 2. The molecule has 166 valence electrons. The Labute approximate surface area is 190 Å². The zero-order valence-corrected chi connectivity index (χ0v) is 19.9. The number of thioether (sulfide) groups is 2. The molecular weight excluding hydrogens is 412 g/mol. The van der Waals surface area contributed by atoms with E-state index in [2.05, 4.69) is 53.6 Å². The number of nitrogens with one attached hydrogen (secondary N) is 2. The van der Waals surface area contributed by atoms with Crippen molar-refractivity contribution < 1.29 is 4.79 Å². The Morgan fingerprint density at radius 1 is 1.20 bits per heavy atom. The number of carbonyl (C=O) groups excluding carboxylic acids is 1. The molecule has 1 unspecified atom stereocenters. The number of hydrogen-bond acceptors (Lipinski definition) is 4. The molecule has 1 amide bonds. The first kappa shape index (κ1) is 23.3. The van der Waals surface area contributed by atoms with Crippen molar-refractivity contribution in [2.75, 3.05) is 37.7 Å². The Balaban J connectivity index is 1.44. The summed E-state index contributed by atoms with van der Waals surface area (Å²) in [4.78, 5) is 21.0. The maximum atomic E-state index is 12.8. The topological polar surface area (TPSA) is 56.7 Å². The maximum Gasteiger partial charge on any atom is 0.225 e. The molecule has 1 aliphatic heterocycles. The van der Waals surface area contributed by atoms with Crippen molar-refractivity contribution in [2.45, 2.75) is 55.7 Å². The summed E-state index contributed by atoms with van der Waals surface area (Å²) in [7, 11) is 0. The molecule has 1 saturated carbocycles. The van der Waals surface area contributed by atoms with E-state index >= 15 is 0 Å². The van der Waals surface area contributed by atoms with Gasteiger partial charge in [0.25, 0.3) is 0 Å². The van der Waals surface area contributed by atoms with Crippen molar-refractivity contribution >= 4 is 35.4 Å². The average Bonchev–Trinajstić information content (AvgIpc) is 2.79. The first-order chi connectivity index (χ1) is 14.7. The molecule has 5 nitrogen and oxygen atoms in total. The Morgan fingerprint density at radius 3 is 2.57 bits per heavy atom. The van der Waals surface area contributed by atoms with E-state index in [1.54, 1.807) is 0 Å². The highest BCUT2D eigenvalue weighted by molar-refractivity contribution is 8.00. The lowest BCUT2D eigenvalue weighted by Gasteiger charge is -2.34. The Morgan fingerprint density at radius 2 is 1.90 bits per heavy atom. The summed E-state index contributed by atoms with van der Waals surface area (Å²) in [5.74, 6) is 3.69. The van der Waals surface area contributed by atoms with Crippen LogP contribution in [0.15, 0.2) is 40.2 Å². The quantitative estimate of drug-likeness (QED) is 0.377. The largest absolute Gasteiger partial charge is 0.357 e. The summed E-state index contributed by atoms with van der Waals surface area (Å²) in [5, 5.41) is 7.42. The average molecular weight is 449 g/mol. The predicted molar refractivity (Wildman–Crippen MR) is 131 cm³/mol. The number of guanidine groups is 1. The standard InChI is InChI=1S/C23H36N4OS2/c1-3-24-23(25-17-18(2)30-21-7-5-4-6-8-21)26-20-11-9-19(10-12-20)22(28)27-13-15-29-16-14-27/h4-8,18-20H,3,9-17H2,1-2H3,(H2,24,25,26). The van der Waals surface area contributed by atoms with Crippen molar-refractivity contribution in [3.8, 4) is 0 Å². The molecule has 2 fully saturated rings. The summed E-state index contributed by atoms with van der Waals surface area (Å²) in [5.41, 5.74) is 0. The Hall–Kier alpha value is -1.34. The molecule has 3 rings (SSSR count). The fourth-order valence-electron chi connectivity index (χ4n) is 4.03. The van der Waals surface area contributed by atoms with Crippen LogP contribution in [-0.4, -0.2) is 65.7 Å². The van der Waals surface area contributed by atoms with E-state index in [1.165, 1.54) is 4.90 Å². The molecule has 0 radical (unpaired) electrons. The van der Waals surface area contributed by atoms with Crippen LogP contribution in [0.3, 0.4) is 0 Å². The molecule has 0 spiro atoms. The molecule has 30 heavy (non-hydrogen) atoms. The third kappa shape index (κ3) is 7.41. The van der Waals surface area contributed by atoms with E-state index in [9.17, 15) is 4.79 Å². The van der Waals surface area contributed by atoms with E-state index in [0.717, 1.165) is 69.3 Å². The van der Waals surface area contributed by atoms with Crippen LogP contribution in [0, 0.1) is 5.92 Å². The second-order valence-electron chi connectivity index (χ2n) is 8.09. The summed E-state index contributed by atoms with van der Waals surface area (Å²) < 4.78 is 0. The Kier molecular flexibility index (Phi) is 9.72. The number of benzene rings is 1.